The highest BCUT2D eigenvalue weighted by atomic mass is 32.1. The van der Waals surface area contributed by atoms with Crippen molar-refractivity contribution in [1.29, 1.82) is 0 Å². The second-order valence-corrected chi connectivity index (χ2v) is 11.3. The highest BCUT2D eigenvalue weighted by Gasteiger charge is 2.18. The maximum absolute atomic E-state index is 10.8. The molecule has 12 heteroatoms. The third kappa shape index (κ3) is 7.12. The van der Waals surface area contributed by atoms with E-state index in [1.807, 2.05) is 55.0 Å². The third-order valence-electron chi connectivity index (χ3n) is 7.11. The van der Waals surface area contributed by atoms with Gasteiger partial charge in [-0.3, -0.25) is 14.0 Å². The molecule has 11 nitrogen and oxygen atoms in total. The van der Waals surface area contributed by atoms with E-state index in [9.17, 15) is 4.79 Å². The zero-order valence-electron chi connectivity index (χ0n) is 24.4. The number of methoxy groups -OCH3 is 1. The largest absolute Gasteiger partial charge is 0.497 e. The molecular formula is C30H37N9O2S. The molecule has 6 rings (SSSR count). The predicted octanol–water partition coefficient (Wildman–Crippen LogP) is 5.27. The predicted molar refractivity (Wildman–Crippen MR) is 167 cm³/mol. The summed E-state index contributed by atoms with van der Waals surface area (Å²) in [5.74, 6) is 2.34. The average Bonchev–Trinajstić information content (AvgIpc) is 3.74. The van der Waals surface area contributed by atoms with Crippen molar-refractivity contribution >= 4 is 40.0 Å². The molecule has 0 amide bonds. The number of nitrogens with zero attached hydrogens (tertiary/aromatic N) is 7. The lowest BCUT2D eigenvalue weighted by atomic mass is 10.0. The van der Waals surface area contributed by atoms with Crippen LogP contribution >= 0.6 is 11.5 Å². The first kappa shape index (κ1) is 29.2. The number of nitrogens with one attached hydrogen (secondary N) is 2. The smallest absolute Gasteiger partial charge is 0.180 e. The first-order valence-corrected chi connectivity index (χ1v) is 14.8. The minimum Gasteiger partial charge on any atom is -0.497 e. The molecule has 1 aliphatic rings. The van der Waals surface area contributed by atoms with Crippen LogP contribution in [0.2, 0.25) is 0 Å². The van der Waals surface area contributed by atoms with Gasteiger partial charge in [-0.2, -0.15) is 9.47 Å². The number of piperidine rings is 1. The number of anilines is 3. The number of carbonyl (C=O) groups is 1. The van der Waals surface area contributed by atoms with E-state index in [1.54, 1.807) is 24.2 Å². The van der Waals surface area contributed by atoms with Crippen LogP contribution in [0.1, 0.15) is 31.2 Å². The van der Waals surface area contributed by atoms with Crippen molar-refractivity contribution in [2.24, 2.45) is 5.92 Å². The number of hydrogen-bond donors (Lipinski definition) is 2. The van der Waals surface area contributed by atoms with Gasteiger partial charge in [-0.15, -0.1) is 0 Å². The molecule has 5 heterocycles. The molecule has 1 fully saturated rings. The van der Waals surface area contributed by atoms with Gasteiger partial charge in [-0.1, -0.05) is 6.92 Å². The number of benzene rings is 1. The van der Waals surface area contributed by atoms with Crippen LogP contribution in [-0.4, -0.2) is 67.0 Å². The Bertz CT molecular complexity index is 1590. The van der Waals surface area contributed by atoms with Gasteiger partial charge < -0.3 is 20.2 Å². The molecular weight excluding hydrogens is 550 g/mol. The summed E-state index contributed by atoms with van der Waals surface area (Å²) >= 11 is 1.45. The van der Waals surface area contributed by atoms with Crippen molar-refractivity contribution in [3.8, 4) is 17.0 Å². The van der Waals surface area contributed by atoms with E-state index < -0.39 is 0 Å². The highest BCUT2D eigenvalue weighted by molar-refractivity contribution is 7.10. The Morgan fingerprint density at radius 3 is 2.76 bits per heavy atom. The molecule has 0 radical (unpaired) electrons. The molecule has 1 saturated heterocycles. The number of imidazole rings is 1. The van der Waals surface area contributed by atoms with Crippen molar-refractivity contribution in [2.45, 2.75) is 39.8 Å². The second-order valence-electron chi connectivity index (χ2n) is 10.5. The molecule has 0 saturated carbocycles. The lowest BCUT2D eigenvalue weighted by molar-refractivity contribution is -0.108. The fraction of sp³-hybridized carbons (Fsp3) is 0.367. The number of ether oxygens (including phenoxy) is 1. The van der Waals surface area contributed by atoms with Gasteiger partial charge in [0.15, 0.2) is 11.5 Å². The lowest BCUT2D eigenvalue weighted by Crippen LogP contribution is -2.33. The Morgan fingerprint density at radius 1 is 1.19 bits per heavy atom. The number of carbonyl (C=O) groups excluding carboxylic acids is 1. The molecule has 1 atom stereocenters. The van der Waals surface area contributed by atoms with Crippen LogP contribution in [0.5, 0.6) is 5.75 Å². The molecule has 4 aromatic heterocycles. The molecule has 5 aromatic rings. The molecule has 0 spiro atoms. The van der Waals surface area contributed by atoms with Crippen molar-refractivity contribution in [3.63, 3.8) is 0 Å². The molecule has 1 aliphatic heterocycles. The van der Waals surface area contributed by atoms with Crippen LogP contribution in [0, 0.1) is 12.8 Å². The first-order valence-electron chi connectivity index (χ1n) is 14.0. The summed E-state index contributed by atoms with van der Waals surface area (Å²) in [6.07, 6.45) is 10.8. The quantitative estimate of drug-likeness (QED) is 0.223. The van der Waals surface area contributed by atoms with Gasteiger partial charge in [-0.05, 0) is 74.1 Å². The van der Waals surface area contributed by atoms with Gasteiger partial charge in [0.25, 0.3) is 0 Å². The number of fused-ring (bicyclic) bond motifs is 1. The van der Waals surface area contributed by atoms with Gasteiger partial charge in [-0.25, -0.2) is 9.97 Å². The maximum atomic E-state index is 10.8. The number of hydrogen-bond acceptors (Lipinski definition) is 10. The number of likely N-dealkylation sites (tertiary alicyclic amines) is 1. The van der Waals surface area contributed by atoms with Gasteiger partial charge >= 0.3 is 0 Å². The Morgan fingerprint density at radius 2 is 2.02 bits per heavy atom. The van der Waals surface area contributed by atoms with E-state index in [1.165, 1.54) is 24.4 Å². The van der Waals surface area contributed by atoms with Crippen molar-refractivity contribution in [2.75, 3.05) is 37.9 Å². The highest BCUT2D eigenvalue weighted by Crippen LogP contribution is 2.28. The SMILES string of the molecule is CNc1ccc(OC)cc1.Cc1cn2c(-c3cnn(CC=O)c3)cnc2c(Nc2cc(CN3CCCC(C)C3)ns2)n1. The summed E-state index contributed by atoms with van der Waals surface area (Å²) in [7, 11) is 3.55. The summed E-state index contributed by atoms with van der Waals surface area (Å²) < 4.78 is 13.2. The number of aldehydes is 1. The summed E-state index contributed by atoms with van der Waals surface area (Å²) in [6.45, 7) is 7.68. The lowest BCUT2D eigenvalue weighted by Gasteiger charge is -2.30. The van der Waals surface area contributed by atoms with Gasteiger partial charge in [0.05, 0.1) is 43.1 Å². The average molecular weight is 588 g/mol. The zero-order valence-corrected chi connectivity index (χ0v) is 25.3. The Hall–Kier alpha value is -4.29. The first-order chi connectivity index (χ1) is 20.4. The summed E-state index contributed by atoms with van der Waals surface area (Å²) in [5, 5.41) is 11.6. The molecule has 1 unspecified atom stereocenters. The van der Waals surface area contributed by atoms with Crippen LogP contribution in [0.15, 0.2) is 55.1 Å². The summed E-state index contributed by atoms with van der Waals surface area (Å²) in [6, 6.07) is 9.90. The van der Waals surface area contributed by atoms with E-state index >= 15 is 0 Å². The fourth-order valence-corrected chi connectivity index (χ4v) is 5.71. The molecule has 2 N–H and O–H groups in total. The number of aryl methyl sites for hydroxylation is 1. The minimum atomic E-state index is 0.230. The second kappa shape index (κ2) is 13.6. The topological polar surface area (TPSA) is 114 Å². The van der Waals surface area contributed by atoms with E-state index in [-0.39, 0.29) is 6.54 Å². The summed E-state index contributed by atoms with van der Waals surface area (Å²) in [5.41, 5.74) is 5.57. The fourth-order valence-electron chi connectivity index (χ4n) is 5.06. The minimum absolute atomic E-state index is 0.230. The van der Waals surface area contributed by atoms with E-state index in [0.29, 0.717) is 5.82 Å². The maximum Gasteiger partial charge on any atom is 0.180 e. The van der Waals surface area contributed by atoms with Gasteiger partial charge in [0, 0.05) is 43.8 Å². The van der Waals surface area contributed by atoms with E-state index in [2.05, 4.69) is 48.0 Å². The van der Waals surface area contributed by atoms with Crippen LogP contribution in [0.3, 0.4) is 0 Å². The monoisotopic (exact) mass is 587 g/mol. The van der Waals surface area contributed by atoms with Crippen LogP contribution in [0.25, 0.3) is 16.9 Å². The Kier molecular flexibility index (Phi) is 9.45. The number of rotatable bonds is 9. The van der Waals surface area contributed by atoms with E-state index in [4.69, 9.17) is 4.74 Å². The third-order valence-corrected chi connectivity index (χ3v) is 7.85. The van der Waals surface area contributed by atoms with Gasteiger partial charge in [0.1, 0.15) is 17.0 Å². The molecule has 220 valence electrons. The normalized spacial score (nSPS) is 15.2. The van der Waals surface area contributed by atoms with Crippen LogP contribution in [0.4, 0.5) is 16.5 Å². The summed E-state index contributed by atoms with van der Waals surface area (Å²) in [4.78, 5) is 22.5. The Labute approximate surface area is 249 Å². The van der Waals surface area contributed by atoms with Crippen LogP contribution in [-0.2, 0) is 17.9 Å². The van der Waals surface area contributed by atoms with Crippen molar-refractivity contribution in [1.82, 2.24) is 33.4 Å². The van der Waals surface area contributed by atoms with Gasteiger partial charge in [0.2, 0.25) is 0 Å². The zero-order chi connectivity index (χ0) is 29.5. The van der Waals surface area contributed by atoms with Crippen molar-refractivity contribution in [3.05, 3.63) is 66.5 Å². The van der Waals surface area contributed by atoms with Crippen LogP contribution < -0.4 is 15.4 Å². The molecule has 1 aromatic carbocycles. The number of aromatic nitrogens is 6. The van der Waals surface area contributed by atoms with Crippen molar-refractivity contribution < 1.29 is 9.53 Å². The molecule has 0 bridgehead atoms. The van der Waals surface area contributed by atoms with E-state index in [0.717, 1.165) is 76.6 Å². The molecule has 42 heavy (non-hydrogen) atoms. The standard InChI is InChI=1S/C22H26N8OS.C8H11NO/c1-15-4-3-5-28(11-15)14-18-8-20(32-27-18)26-21-22-23-10-19(30(22)12-16(2)25-21)17-9-24-29(13-17)6-7-31;1-9-7-3-5-8(10-2)6-4-7/h7-10,12-13,15H,3-6,11,14H2,1-2H3,(H,25,26);3-6,9H,1-2H3. The molecule has 0 aliphatic carbocycles. The Balaban J connectivity index is 0.000000300.